The Kier molecular flexibility index (Phi) is 5.13. The van der Waals surface area contributed by atoms with Crippen LogP contribution in [-0.4, -0.2) is 29.5 Å². The molecule has 0 aromatic carbocycles. The number of carbonyl (C=O) groups excluding carboxylic acids is 1. The van der Waals surface area contributed by atoms with Crippen LogP contribution < -0.4 is 0 Å². The maximum atomic E-state index is 11.7. The summed E-state index contributed by atoms with van der Waals surface area (Å²) in [6, 6.07) is 0. The van der Waals surface area contributed by atoms with Crippen LogP contribution in [0.5, 0.6) is 0 Å². The lowest BCUT2D eigenvalue weighted by Gasteiger charge is -2.22. The molecule has 88 valence electrons. The molecule has 1 aliphatic heterocycles. The zero-order valence-electron chi connectivity index (χ0n) is 10.0. The van der Waals surface area contributed by atoms with Gasteiger partial charge in [-0.05, 0) is 18.8 Å². The van der Waals surface area contributed by atoms with E-state index in [1.54, 1.807) is 11.8 Å². The van der Waals surface area contributed by atoms with Crippen LogP contribution >= 0.6 is 11.8 Å². The first-order valence-electron chi connectivity index (χ1n) is 5.71. The van der Waals surface area contributed by atoms with Crippen molar-refractivity contribution in [2.24, 2.45) is 5.92 Å². The van der Waals surface area contributed by atoms with Crippen LogP contribution in [-0.2, 0) is 9.53 Å². The molecular formula is C12H22O2S. The number of rotatable bonds is 4. The number of ether oxygens (including phenoxy) is 1. The third kappa shape index (κ3) is 6.21. The fourth-order valence-corrected chi connectivity index (χ4v) is 2.34. The Morgan fingerprint density at radius 2 is 1.93 bits per heavy atom. The first-order valence-corrected chi connectivity index (χ1v) is 6.69. The Bertz CT molecular complexity index is 202. The van der Waals surface area contributed by atoms with Gasteiger partial charge in [-0.1, -0.05) is 20.8 Å². The summed E-state index contributed by atoms with van der Waals surface area (Å²) in [4.78, 5) is 11.7. The van der Waals surface area contributed by atoms with E-state index in [9.17, 15) is 4.79 Å². The van der Waals surface area contributed by atoms with Crippen LogP contribution in [0, 0.1) is 5.92 Å². The number of hydrogen-bond donors (Lipinski definition) is 0. The van der Waals surface area contributed by atoms with Gasteiger partial charge >= 0.3 is 0 Å². The molecule has 0 spiro atoms. The van der Waals surface area contributed by atoms with Gasteiger partial charge in [-0.3, -0.25) is 4.79 Å². The SMILES string of the molecule is CC(C)(C)SCC(=O)CC1CCOCC1. The minimum atomic E-state index is 0.200. The Balaban J connectivity index is 2.17. The van der Waals surface area contributed by atoms with Gasteiger partial charge in [-0.15, -0.1) is 11.8 Å². The van der Waals surface area contributed by atoms with Gasteiger partial charge < -0.3 is 4.74 Å². The van der Waals surface area contributed by atoms with E-state index in [2.05, 4.69) is 20.8 Å². The van der Waals surface area contributed by atoms with E-state index in [0.29, 0.717) is 17.5 Å². The highest BCUT2D eigenvalue weighted by molar-refractivity contribution is 8.01. The Labute approximate surface area is 97.1 Å². The van der Waals surface area contributed by atoms with E-state index in [1.165, 1.54) is 0 Å². The molecule has 0 radical (unpaired) electrons. The maximum absolute atomic E-state index is 11.7. The molecule has 0 N–H and O–H groups in total. The van der Waals surface area contributed by atoms with Crippen molar-refractivity contribution >= 4 is 17.5 Å². The fraction of sp³-hybridized carbons (Fsp3) is 0.917. The van der Waals surface area contributed by atoms with Crippen LogP contribution in [0.2, 0.25) is 0 Å². The molecule has 0 unspecified atom stereocenters. The number of Topliss-reactive ketones (excluding diaryl/α,β-unsaturated/α-hetero) is 1. The molecule has 1 fully saturated rings. The molecule has 0 atom stereocenters. The molecule has 1 heterocycles. The summed E-state index contributed by atoms with van der Waals surface area (Å²) in [6.07, 6.45) is 2.88. The lowest BCUT2D eigenvalue weighted by atomic mass is 9.95. The smallest absolute Gasteiger partial charge is 0.143 e. The second kappa shape index (κ2) is 5.90. The summed E-state index contributed by atoms with van der Waals surface area (Å²) in [6.45, 7) is 8.13. The van der Waals surface area contributed by atoms with Gasteiger partial charge in [-0.2, -0.15) is 0 Å². The summed E-state index contributed by atoms with van der Waals surface area (Å²) < 4.78 is 5.48. The van der Waals surface area contributed by atoms with Crippen LogP contribution in [0.25, 0.3) is 0 Å². The van der Waals surface area contributed by atoms with E-state index in [0.717, 1.165) is 32.5 Å². The second-order valence-corrected chi connectivity index (χ2v) is 7.00. The van der Waals surface area contributed by atoms with Gasteiger partial charge in [0.15, 0.2) is 0 Å². The lowest BCUT2D eigenvalue weighted by Crippen LogP contribution is -2.20. The van der Waals surface area contributed by atoms with E-state index in [1.807, 2.05) is 0 Å². The van der Waals surface area contributed by atoms with Gasteiger partial charge in [0, 0.05) is 24.4 Å². The first-order chi connectivity index (χ1) is 6.97. The third-order valence-corrected chi connectivity index (χ3v) is 3.86. The Hall–Kier alpha value is -0.0200. The largest absolute Gasteiger partial charge is 0.381 e. The van der Waals surface area contributed by atoms with Gasteiger partial charge in [0.05, 0.1) is 5.75 Å². The van der Waals surface area contributed by atoms with Gasteiger partial charge in [0.25, 0.3) is 0 Å². The van der Waals surface area contributed by atoms with Gasteiger partial charge in [0.2, 0.25) is 0 Å². The molecule has 1 saturated heterocycles. The molecule has 1 aliphatic rings. The van der Waals surface area contributed by atoms with E-state index >= 15 is 0 Å². The molecule has 2 nitrogen and oxygen atoms in total. The van der Waals surface area contributed by atoms with E-state index in [-0.39, 0.29) is 4.75 Å². The summed E-state index contributed by atoms with van der Waals surface area (Å²) in [7, 11) is 0. The average molecular weight is 230 g/mol. The van der Waals surface area contributed by atoms with Crippen molar-refractivity contribution < 1.29 is 9.53 Å². The van der Waals surface area contributed by atoms with Crippen molar-refractivity contribution in [3.8, 4) is 0 Å². The second-order valence-electron chi connectivity index (χ2n) is 5.20. The standard InChI is InChI=1S/C12H22O2S/c1-12(2,3)15-9-11(13)8-10-4-6-14-7-5-10/h10H,4-9H2,1-3H3. The van der Waals surface area contributed by atoms with Crippen molar-refractivity contribution in [3.05, 3.63) is 0 Å². The van der Waals surface area contributed by atoms with Gasteiger partial charge in [-0.25, -0.2) is 0 Å². The highest BCUT2D eigenvalue weighted by atomic mass is 32.2. The highest BCUT2D eigenvalue weighted by Gasteiger charge is 2.19. The number of carbonyl (C=O) groups is 1. The van der Waals surface area contributed by atoms with Crippen molar-refractivity contribution in [1.29, 1.82) is 0 Å². The van der Waals surface area contributed by atoms with Crippen molar-refractivity contribution in [3.63, 3.8) is 0 Å². The molecule has 0 amide bonds. The van der Waals surface area contributed by atoms with Crippen LogP contribution in [0.1, 0.15) is 40.0 Å². The summed E-state index contributed by atoms with van der Waals surface area (Å²) in [5.41, 5.74) is 0. The number of ketones is 1. The van der Waals surface area contributed by atoms with Crippen LogP contribution in [0.3, 0.4) is 0 Å². The number of thioether (sulfide) groups is 1. The van der Waals surface area contributed by atoms with Crippen molar-refractivity contribution in [2.75, 3.05) is 19.0 Å². The minimum Gasteiger partial charge on any atom is -0.381 e. The summed E-state index contributed by atoms with van der Waals surface area (Å²) in [5.74, 6) is 1.65. The fourth-order valence-electron chi connectivity index (χ4n) is 1.63. The maximum Gasteiger partial charge on any atom is 0.143 e. The zero-order chi connectivity index (χ0) is 11.3. The van der Waals surface area contributed by atoms with Crippen LogP contribution in [0.15, 0.2) is 0 Å². The molecule has 0 aliphatic carbocycles. The number of hydrogen-bond acceptors (Lipinski definition) is 3. The average Bonchev–Trinajstić information content (AvgIpc) is 2.15. The normalized spacial score (nSPS) is 19.1. The highest BCUT2D eigenvalue weighted by Crippen LogP contribution is 2.25. The zero-order valence-corrected chi connectivity index (χ0v) is 10.9. The molecule has 0 aromatic rings. The monoisotopic (exact) mass is 230 g/mol. The predicted molar refractivity (Wildman–Crippen MR) is 65.4 cm³/mol. The summed E-state index contributed by atoms with van der Waals surface area (Å²) >= 11 is 1.75. The lowest BCUT2D eigenvalue weighted by molar-refractivity contribution is -0.118. The molecule has 0 saturated carbocycles. The Morgan fingerprint density at radius 1 is 1.33 bits per heavy atom. The first kappa shape index (κ1) is 13.0. The molecule has 0 bridgehead atoms. The quantitative estimate of drug-likeness (QED) is 0.743. The minimum absolute atomic E-state index is 0.200. The molecule has 0 aromatic heterocycles. The topological polar surface area (TPSA) is 26.3 Å². The van der Waals surface area contributed by atoms with E-state index < -0.39 is 0 Å². The van der Waals surface area contributed by atoms with Crippen LogP contribution in [0.4, 0.5) is 0 Å². The molecule has 15 heavy (non-hydrogen) atoms. The molecule has 3 heteroatoms. The molecular weight excluding hydrogens is 208 g/mol. The van der Waals surface area contributed by atoms with E-state index in [4.69, 9.17) is 4.74 Å². The molecule has 1 rings (SSSR count). The third-order valence-electron chi connectivity index (χ3n) is 2.52. The summed E-state index contributed by atoms with van der Waals surface area (Å²) in [5, 5.41) is 0. The van der Waals surface area contributed by atoms with Gasteiger partial charge in [0.1, 0.15) is 5.78 Å². The Morgan fingerprint density at radius 3 is 2.47 bits per heavy atom. The van der Waals surface area contributed by atoms with Crippen molar-refractivity contribution in [1.82, 2.24) is 0 Å². The predicted octanol–water partition coefficient (Wildman–Crippen LogP) is 2.90. The van der Waals surface area contributed by atoms with Crippen molar-refractivity contribution in [2.45, 2.75) is 44.8 Å².